The zero-order valence-electron chi connectivity index (χ0n) is 26.8. The molecule has 0 bridgehead atoms. The summed E-state index contributed by atoms with van der Waals surface area (Å²) < 4.78 is 96.2. The number of hydrogen-bond acceptors (Lipinski definition) is 6. The SMILES string of the molecule is CCC(=O)NCCN1C(=O)[C@](C)(C(F)(F)F)Oc2cc(C(F)(F)F)c(C(=O)N(C(C)C)C3CCCN(C(=O)OC(C)(C)C)C3)cc21. The predicted octanol–water partition coefficient (Wildman–Crippen LogP) is 5.53. The van der Waals surface area contributed by atoms with E-state index in [9.17, 15) is 45.5 Å². The van der Waals surface area contributed by atoms with Crippen LogP contribution in [0, 0.1) is 0 Å². The summed E-state index contributed by atoms with van der Waals surface area (Å²) in [6, 6.07) is -0.388. The van der Waals surface area contributed by atoms with Crippen LogP contribution >= 0.6 is 0 Å². The van der Waals surface area contributed by atoms with Crippen molar-refractivity contribution in [1.29, 1.82) is 0 Å². The first-order valence-electron chi connectivity index (χ1n) is 14.9. The lowest BCUT2D eigenvalue weighted by molar-refractivity contribution is -0.236. The molecule has 2 aliphatic heterocycles. The van der Waals surface area contributed by atoms with E-state index in [2.05, 4.69) is 5.32 Å². The van der Waals surface area contributed by atoms with Crippen LogP contribution < -0.4 is 15.0 Å². The van der Waals surface area contributed by atoms with Gasteiger partial charge in [0.05, 0.1) is 22.9 Å². The van der Waals surface area contributed by atoms with Gasteiger partial charge in [0.15, 0.2) is 0 Å². The fourth-order valence-electron chi connectivity index (χ4n) is 5.37. The molecule has 0 radical (unpaired) electrons. The molecule has 0 aromatic heterocycles. The summed E-state index contributed by atoms with van der Waals surface area (Å²) in [5.41, 5.74) is -7.31. The quantitative estimate of drug-likeness (QED) is 0.384. The Kier molecular flexibility index (Phi) is 10.5. The largest absolute Gasteiger partial charge is 0.466 e. The normalized spacial score (nSPS) is 20.7. The molecule has 0 saturated carbocycles. The zero-order valence-corrected chi connectivity index (χ0v) is 26.8. The average molecular weight is 667 g/mol. The summed E-state index contributed by atoms with van der Waals surface area (Å²) in [5.74, 6) is -4.10. The highest BCUT2D eigenvalue weighted by Gasteiger charge is 2.63. The smallest absolute Gasteiger partial charge is 0.437 e. The molecule has 0 aliphatic carbocycles. The van der Waals surface area contributed by atoms with Gasteiger partial charge in [0, 0.05) is 38.6 Å². The molecule has 2 atom stereocenters. The third-order valence-corrected chi connectivity index (χ3v) is 7.65. The van der Waals surface area contributed by atoms with E-state index in [0.29, 0.717) is 43.3 Å². The van der Waals surface area contributed by atoms with Crippen molar-refractivity contribution in [3.63, 3.8) is 0 Å². The molecule has 258 valence electrons. The van der Waals surface area contributed by atoms with Crippen LogP contribution in [0.1, 0.15) is 83.7 Å². The molecule has 2 aliphatic rings. The van der Waals surface area contributed by atoms with Crippen molar-refractivity contribution in [3.05, 3.63) is 23.3 Å². The molecule has 16 heteroatoms. The number of amides is 4. The predicted molar refractivity (Wildman–Crippen MR) is 154 cm³/mol. The Labute approximate surface area is 263 Å². The second-order valence-corrected chi connectivity index (χ2v) is 12.7. The highest BCUT2D eigenvalue weighted by atomic mass is 19.4. The summed E-state index contributed by atoms with van der Waals surface area (Å²) in [7, 11) is 0. The maximum atomic E-state index is 14.5. The van der Waals surface area contributed by atoms with Crippen molar-refractivity contribution in [2.45, 2.75) is 103 Å². The van der Waals surface area contributed by atoms with Gasteiger partial charge in [-0.3, -0.25) is 14.4 Å². The van der Waals surface area contributed by atoms with Crippen LogP contribution in [0.25, 0.3) is 0 Å². The lowest BCUT2D eigenvalue weighted by Gasteiger charge is -2.43. The molecule has 1 aromatic carbocycles. The van der Waals surface area contributed by atoms with E-state index in [1.807, 2.05) is 0 Å². The number of alkyl halides is 6. The molecule has 3 rings (SSSR count). The number of nitrogens with zero attached hydrogens (tertiary/aromatic N) is 3. The number of ether oxygens (including phenoxy) is 2. The number of piperidine rings is 1. The van der Waals surface area contributed by atoms with Gasteiger partial charge in [-0.25, -0.2) is 4.79 Å². The van der Waals surface area contributed by atoms with Gasteiger partial charge in [-0.15, -0.1) is 0 Å². The fraction of sp³-hybridized carbons (Fsp3) is 0.667. The second kappa shape index (κ2) is 13.2. The van der Waals surface area contributed by atoms with Gasteiger partial charge in [0.25, 0.3) is 17.4 Å². The van der Waals surface area contributed by atoms with E-state index >= 15 is 0 Å². The van der Waals surface area contributed by atoms with Crippen LogP contribution in [-0.4, -0.2) is 89.3 Å². The minimum absolute atomic E-state index is 0.0279. The van der Waals surface area contributed by atoms with Crippen LogP contribution in [0.2, 0.25) is 0 Å². The minimum atomic E-state index is -5.32. The van der Waals surface area contributed by atoms with Gasteiger partial charge in [-0.2, -0.15) is 26.3 Å². The average Bonchev–Trinajstić information content (AvgIpc) is 2.92. The number of rotatable bonds is 7. The topological polar surface area (TPSA) is 108 Å². The van der Waals surface area contributed by atoms with Gasteiger partial charge >= 0.3 is 18.4 Å². The number of anilines is 1. The molecule has 0 spiro atoms. The summed E-state index contributed by atoms with van der Waals surface area (Å²) in [6.07, 6.45) is -10.4. The van der Waals surface area contributed by atoms with Crippen molar-refractivity contribution < 1.29 is 55.0 Å². The number of hydrogen-bond donors (Lipinski definition) is 1. The molecule has 46 heavy (non-hydrogen) atoms. The van der Waals surface area contributed by atoms with Gasteiger partial charge < -0.3 is 29.5 Å². The van der Waals surface area contributed by atoms with Gasteiger partial charge in [0.2, 0.25) is 5.91 Å². The van der Waals surface area contributed by atoms with Crippen LogP contribution in [0.3, 0.4) is 0 Å². The Morgan fingerprint density at radius 3 is 2.28 bits per heavy atom. The first-order chi connectivity index (χ1) is 21.0. The Morgan fingerprint density at radius 1 is 1.13 bits per heavy atom. The highest BCUT2D eigenvalue weighted by molar-refractivity contribution is 6.05. The fourth-order valence-corrected chi connectivity index (χ4v) is 5.37. The standard InChI is InChI=1S/C30H40F6N4O6/c1-8-23(41)37-11-13-39-21-14-19(20(29(31,32)33)15-22(21)45-28(7,25(39)43)30(34,35)36)24(42)40(17(2)3)18-10-9-12-38(16-18)26(44)46-27(4,5)6/h14-15,17-18H,8-13,16H2,1-7H3,(H,37,41)/t18?,28-/m1/s1. The summed E-state index contributed by atoms with van der Waals surface area (Å²) in [5, 5.41) is 2.42. The van der Waals surface area contributed by atoms with Gasteiger partial charge in [0.1, 0.15) is 11.4 Å². The first-order valence-corrected chi connectivity index (χ1v) is 14.9. The van der Waals surface area contributed by atoms with Crippen LogP contribution in [0.15, 0.2) is 12.1 Å². The number of nitrogens with one attached hydrogen (secondary N) is 1. The number of halogens is 6. The Balaban J connectivity index is 2.13. The zero-order chi connectivity index (χ0) is 35.0. The third kappa shape index (κ3) is 7.80. The van der Waals surface area contributed by atoms with Crippen molar-refractivity contribution in [1.82, 2.24) is 15.1 Å². The maximum Gasteiger partial charge on any atom is 0.437 e. The Morgan fingerprint density at radius 2 is 1.76 bits per heavy atom. The van der Waals surface area contributed by atoms with E-state index in [1.165, 1.54) is 16.7 Å². The van der Waals surface area contributed by atoms with Crippen LogP contribution in [0.5, 0.6) is 5.75 Å². The Bertz CT molecular complexity index is 1340. The summed E-state index contributed by atoms with van der Waals surface area (Å²) in [4.78, 5) is 55.0. The van der Waals surface area contributed by atoms with Crippen molar-refractivity contribution in [3.8, 4) is 5.75 Å². The van der Waals surface area contributed by atoms with E-state index in [0.717, 1.165) is 0 Å². The van der Waals surface area contributed by atoms with Crippen molar-refractivity contribution >= 4 is 29.5 Å². The molecule has 10 nitrogen and oxygen atoms in total. The molecule has 1 saturated heterocycles. The number of fused-ring (bicyclic) bond motifs is 1. The molecule has 1 N–H and O–H groups in total. The third-order valence-electron chi connectivity index (χ3n) is 7.65. The number of likely N-dealkylation sites (tertiary alicyclic amines) is 1. The molecular formula is C30H40F6N4O6. The molecule has 2 heterocycles. The van der Waals surface area contributed by atoms with Crippen LogP contribution in [-0.2, 0) is 20.5 Å². The lowest BCUT2D eigenvalue weighted by atomic mass is 9.95. The monoisotopic (exact) mass is 666 g/mol. The molecule has 1 aromatic rings. The summed E-state index contributed by atoms with van der Waals surface area (Å²) >= 11 is 0. The molecule has 1 fully saturated rings. The number of carbonyl (C=O) groups excluding carboxylic acids is 4. The maximum absolute atomic E-state index is 14.5. The van der Waals surface area contributed by atoms with Crippen molar-refractivity contribution in [2.24, 2.45) is 0 Å². The van der Waals surface area contributed by atoms with Crippen molar-refractivity contribution in [2.75, 3.05) is 31.1 Å². The van der Waals surface area contributed by atoms with E-state index < -0.39 is 88.6 Å². The molecule has 1 unspecified atom stereocenters. The first kappa shape index (κ1) is 36.7. The highest BCUT2D eigenvalue weighted by Crippen LogP contribution is 2.48. The van der Waals surface area contributed by atoms with E-state index in [1.54, 1.807) is 34.6 Å². The molecular weight excluding hydrogens is 626 g/mol. The second-order valence-electron chi connectivity index (χ2n) is 12.7. The van der Waals surface area contributed by atoms with Crippen LogP contribution in [0.4, 0.5) is 36.8 Å². The van der Waals surface area contributed by atoms with Gasteiger partial charge in [-0.05, 0) is 66.5 Å². The summed E-state index contributed by atoms with van der Waals surface area (Å²) in [6.45, 7) is 9.54. The number of benzene rings is 1. The van der Waals surface area contributed by atoms with E-state index in [-0.39, 0.29) is 19.5 Å². The Hall–Kier alpha value is -3.72. The molecule has 4 amide bonds. The van der Waals surface area contributed by atoms with E-state index in [4.69, 9.17) is 9.47 Å². The lowest BCUT2D eigenvalue weighted by Crippen LogP contribution is -2.63. The number of carbonyl (C=O) groups is 4. The minimum Gasteiger partial charge on any atom is -0.466 e. The van der Waals surface area contributed by atoms with Gasteiger partial charge in [-0.1, -0.05) is 6.92 Å².